The molecule has 5 nitrogen and oxygen atoms in total. The zero-order chi connectivity index (χ0) is 12.8. The summed E-state index contributed by atoms with van der Waals surface area (Å²) >= 11 is 0. The normalized spacial score (nSPS) is 14.3. The Morgan fingerprint density at radius 2 is 2.00 bits per heavy atom. The number of rotatable bonds is 6. The van der Waals surface area contributed by atoms with Gasteiger partial charge in [0.25, 0.3) is 0 Å². The van der Waals surface area contributed by atoms with Crippen LogP contribution in [-0.2, 0) is 0 Å². The van der Waals surface area contributed by atoms with Crippen molar-refractivity contribution in [2.45, 2.75) is 18.6 Å². The lowest BCUT2D eigenvalue weighted by Gasteiger charge is -2.19. The minimum absolute atomic E-state index is 0.0171. The van der Waals surface area contributed by atoms with Gasteiger partial charge in [0, 0.05) is 0 Å². The van der Waals surface area contributed by atoms with Crippen molar-refractivity contribution >= 4 is 5.97 Å². The van der Waals surface area contributed by atoms with Crippen molar-refractivity contribution in [1.82, 2.24) is 5.32 Å². The number of carbonyl (C=O) groups is 1. The molecule has 0 saturated heterocycles. The zero-order valence-electron chi connectivity index (χ0n) is 9.63. The summed E-state index contributed by atoms with van der Waals surface area (Å²) in [5, 5.41) is 31.5. The first-order chi connectivity index (χ1) is 8.07. The summed E-state index contributed by atoms with van der Waals surface area (Å²) in [6.07, 6.45) is -1.82. The van der Waals surface area contributed by atoms with Crippen molar-refractivity contribution in [2.24, 2.45) is 0 Å². The van der Waals surface area contributed by atoms with Crippen LogP contribution in [0.2, 0.25) is 0 Å². The second-order valence-electron chi connectivity index (χ2n) is 3.80. The molecule has 0 amide bonds. The Hall–Kier alpha value is -1.43. The third-order valence-electron chi connectivity index (χ3n) is 2.56. The van der Waals surface area contributed by atoms with Crippen LogP contribution in [0.15, 0.2) is 24.3 Å². The zero-order valence-corrected chi connectivity index (χ0v) is 9.63. The molecule has 17 heavy (non-hydrogen) atoms. The molecule has 94 valence electrons. The van der Waals surface area contributed by atoms with Crippen LogP contribution in [0.5, 0.6) is 0 Å². The van der Waals surface area contributed by atoms with E-state index in [1.807, 2.05) is 0 Å². The van der Waals surface area contributed by atoms with Crippen molar-refractivity contribution in [2.75, 3.05) is 13.6 Å². The number of hydrogen-bond acceptors (Lipinski definition) is 4. The molecule has 2 unspecified atom stereocenters. The standard InChI is InChI=1S/C12H17NO4/c1-13-7-6-10(14)11(15)8-4-2-3-5-9(8)12(16)17/h2-5,10-11,13-15H,6-7H2,1H3,(H,16,17). The van der Waals surface area contributed by atoms with Crippen LogP contribution in [0, 0.1) is 0 Å². The number of aliphatic hydroxyl groups excluding tert-OH is 2. The Balaban J connectivity index is 2.87. The predicted molar refractivity (Wildman–Crippen MR) is 62.9 cm³/mol. The highest BCUT2D eigenvalue weighted by Crippen LogP contribution is 2.22. The minimum atomic E-state index is -1.18. The van der Waals surface area contributed by atoms with Gasteiger partial charge in [0.05, 0.1) is 11.7 Å². The molecule has 0 aromatic heterocycles. The molecule has 5 heteroatoms. The highest BCUT2D eigenvalue weighted by molar-refractivity contribution is 5.89. The number of carboxylic acids is 1. The number of aliphatic hydroxyl groups is 2. The summed E-state index contributed by atoms with van der Waals surface area (Å²) < 4.78 is 0. The molecule has 0 radical (unpaired) electrons. The maximum atomic E-state index is 11.0. The van der Waals surface area contributed by atoms with E-state index in [2.05, 4.69) is 5.32 Å². The number of nitrogens with one attached hydrogen (secondary N) is 1. The van der Waals surface area contributed by atoms with Gasteiger partial charge in [-0.05, 0) is 31.6 Å². The van der Waals surface area contributed by atoms with Gasteiger partial charge >= 0.3 is 5.97 Å². The second-order valence-corrected chi connectivity index (χ2v) is 3.80. The largest absolute Gasteiger partial charge is 0.478 e. The smallest absolute Gasteiger partial charge is 0.336 e. The molecule has 0 spiro atoms. The van der Waals surface area contributed by atoms with Crippen molar-refractivity contribution in [1.29, 1.82) is 0 Å². The molecule has 1 aromatic rings. The van der Waals surface area contributed by atoms with Crippen molar-refractivity contribution < 1.29 is 20.1 Å². The highest BCUT2D eigenvalue weighted by Gasteiger charge is 2.22. The van der Waals surface area contributed by atoms with Gasteiger partial charge in [-0.3, -0.25) is 0 Å². The third-order valence-corrected chi connectivity index (χ3v) is 2.56. The van der Waals surface area contributed by atoms with Gasteiger partial charge in [0.2, 0.25) is 0 Å². The monoisotopic (exact) mass is 239 g/mol. The van der Waals surface area contributed by atoms with Crippen LogP contribution in [0.25, 0.3) is 0 Å². The first kappa shape index (κ1) is 13.6. The Morgan fingerprint density at radius 1 is 1.35 bits per heavy atom. The van der Waals surface area contributed by atoms with Gasteiger partial charge < -0.3 is 20.6 Å². The van der Waals surface area contributed by atoms with Gasteiger partial charge in [0.1, 0.15) is 6.10 Å². The van der Waals surface area contributed by atoms with Gasteiger partial charge in [-0.1, -0.05) is 18.2 Å². The Morgan fingerprint density at radius 3 is 2.59 bits per heavy atom. The molecule has 0 saturated carbocycles. The molecule has 4 N–H and O–H groups in total. The Labute approximate surface area is 99.7 Å². The molecule has 0 aliphatic heterocycles. The molecule has 0 aliphatic carbocycles. The Bertz CT molecular complexity index is 381. The van der Waals surface area contributed by atoms with Crippen LogP contribution in [-0.4, -0.2) is 41.0 Å². The molecule has 0 fully saturated rings. The van der Waals surface area contributed by atoms with E-state index < -0.39 is 18.2 Å². The molecule has 0 aliphatic rings. The first-order valence-electron chi connectivity index (χ1n) is 5.41. The van der Waals surface area contributed by atoms with E-state index in [1.54, 1.807) is 19.2 Å². The number of hydrogen-bond donors (Lipinski definition) is 4. The maximum Gasteiger partial charge on any atom is 0.336 e. The van der Waals surface area contributed by atoms with Crippen LogP contribution < -0.4 is 5.32 Å². The highest BCUT2D eigenvalue weighted by atomic mass is 16.4. The summed E-state index contributed by atoms with van der Waals surface area (Å²) in [5.41, 5.74) is 0.257. The summed E-state index contributed by atoms with van der Waals surface area (Å²) in [6, 6.07) is 6.14. The second kappa shape index (κ2) is 6.34. The quantitative estimate of drug-likeness (QED) is 0.576. The molecular weight excluding hydrogens is 222 g/mol. The van der Waals surface area contributed by atoms with E-state index in [-0.39, 0.29) is 11.1 Å². The Kier molecular flexibility index (Phi) is 5.09. The summed E-state index contributed by atoms with van der Waals surface area (Å²) in [4.78, 5) is 11.0. The van der Waals surface area contributed by atoms with E-state index in [1.165, 1.54) is 12.1 Å². The van der Waals surface area contributed by atoms with Crippen LogP contribution in [0.4, 0.5) is 0 Å². The van der Waals surface area contributed by atoms with Crippen LogP contribution in [0.3, 0.4) is 0 Å². The topological polar surface area (TPSA) is 89.8 Å². The third kappa shape index (κ3) is 3.52. The van der Waals surface area contributed by atoms with E-state index in [0.717, 1.165) is 0 Å². The first-order valence-corrected chi connectivity index (χ1v) is 5.41. The molecule has 2 atom stereocenters. The fourth-order valence-corrected chi connectivity index (χ4v) is 1.61. The number of benzene rings is 1. The number of aromatic carboxylic acids is 1. The van der Waals surface area contributed by atoms with E-state index >= 15 is 0 Å². The lowest BCUT2D eigenvalue weighted by Crippen LogP contribution is -2.24. The van der Waals surface area contributed by atoms with Gasteiger partial charge in [0.15, 0.2) is 0 Å². The average molecular weight is 239 g/mol. The lowest BCUT2D eigenvalue weighted by atomic mass is 9.97. The van der Waals surface area contributed by atoms with Crippen LogP contribution >= 0.6 is 0 Å². The van der Waals surface area contributed by atoms with Crippen LogP contribution in [0.1, 0.15) is 28.4 Å². The minimum Gasteiger partial charge on any atom is -0.478 e. The van der Waals surface area contributed by atoms with Crippen molar-refractivity contribution in [3.8, 4) is 0 Å². The average Bonchev–Trinajstić information content (AvgIpc) is 2.34. The summed E-state index contributed by atoms with van der Waals surface area (Å²) in [7, 11) is 1.74. The van der Waals surface area contributed by atoms with Gasteiger partial charge in [-0.2, -0.15) is 0 Å². The number of carboxylic acid groups (broad SMARTS) is 1. The van der Waals surface area contributed by atoms with E-state index in [4.69, 9.17) is 5.11 Å². The maximum absolute atomic E-state index is 11.0. The molecule has 1 rings (SSSR count). The van der Waals surface area contributed by atoms with Gasteiger partial charge in [-0.25, -0.2) is 4.79 Å². The molecular formula is C12H17NO4. The summed E-state index contributed by atoms with van der Waals surface area (Å²) in [6.45, 7) is 0.549. The fourth-order valence-electron chi connectivity index (χ4n) is 1.61. The van der Waals surface area contributed by atoms with Gasteiger partial charge in [-0.15, -0.1) is 0 Å². The summed E-state index contributed by atoms with van der Waals surface area (Å²) in [5.74, 6) is -1.11. The molecule has 0 bridgehead atoms. The van der Waals surface area contributed by atoms with Crippen molar-refractivity contribution in [3.63, 3.8) is 0 Å². The fraction of sp³-hybridized carbons (Fsp3) is 0.417. The van der Waals surface area contributed by atoms with Crippen molar-refractivity contribution in [3.05, 3.63) is 35.4 Å². The van der Waals surface area contributed by atoms with E-state index in [9.17, 15) is 15.0 Å². The molecule has 1 aromatic carbocycles. The SMILES string of the molecule is CNCCC(O)C(O)c1ccccc1C(=O)O. The lowest BCUT2D eigenvalue weighted by molar-refractivity contribution is 0.0131. The molecule has 0 heterocycles. The van der Waals surface area contributed by atoms with E-state index in [0.29, 0.717) is 13.0 Å². The predicted octanol–water partition coefficient (Wildman–Crippen LogP) is 0.389.